The molecule has 0 radical (unpaired) electrons. The van der Waals surface area contributed by atoms with Crippen molar-refractivity contribution in [2.75, 3.05) is 32.8 Å². The van der Waals surface area contributed by atoms with Crippen molar-refractivity contribution in [2.45, 2.75) is 83.0 Å². The van der Waals surface area contributed by atoms with Gasteiger partial charge in [0, 0.05) is 44.1 Å². The van der Waals surface area contributed by atoms with Crippen LogP contribution in [-0.4, -0.2) is 87.5 Å². The van der Waals surface area contributed by atoms with Crippen LogP contribution >= 0.6 is 12.4 Å². The number of halogens is 1. The molecule has 10 heteroatoms. The second kappa shape index (κ2) is 13.0. The molecular weight excluding hydrogens is 530 g/mol. The number of benzene rings is 1. The van der Waals surface area contributed by atoms with Crippen LogP contribution in [0.15, 0.2) is 30.3 Å². The van der Waals surface area contributed by atoms with Crippen LogP contribution < -0.4 is 5.32 Å². The van der Waals surface area contributed by atoms with Gasteiger partial charge in [-0.25, -0.2) is 0 Å². The van der Waals surface area contributed by atoms with Gasteiger partial charge in [0.15, 0.2) is 0 Å². The van der Waals surface area contributed by atoms with Gasteiger partial charge in [-0.2, -0.15) is 5.10 Å². The fourth-order valence-electron chi connectivity index (χ4n) is 6.85. The lowest BCUT2D eigenvalue weighted by Gasteiger charge is -2.53. The predicted molar refractivity (Wildman–Crippen MR) is 155 cm³/mol. The molecule has 9 nitrogen and oxygen atoms in total. The molecule has 1 aromatic carbocycles. The molecule has 3 aliphatic rings. The molecule has 3 aliphatic heterocycles. The Morgan fingerprint density at radius 2 is 1.80 bits per heavy atom. The van der Waals surface area contributed by atoms with Crippen molar-refractivity contribution in [3.05, 3.63) is 52.8 Å². The van der Waals surface area contributed by atoms with E-state index in [2.05, 4.69) is 58.5 Å². The minimum absolute atomic E-state index is 0. The fraction of sp³-hybridized carbons (Fsp3) is 0.633. The van der Waals surface area contributed by atoms with Crippen molar-refractivity contribution in [3.8, 4) is 0 Å². The number of hydrogen-bond donors (Lipinski definition) is 3. The number of unbranched alkanes of at least 4 members (excludes halogenated alkanes) is 1. The molecule has 3 fully saturated rings. The van der Waals surface area contributed by atoms with Crippen LogP contribution in [0.25, 0.3) is 0 Å². The number of carbonyl (C=O) groups is 2. The van der Waals surface area contributed by atoms with Crippen LogP contribution in [0.3, 0.4) is 0 Å². The molecule has 3 N–H and O–H groups in total. The zero-order chi connectivity index (χ0) is 27.6. The molecule has 5 rings (SSSR count). The summed E-state index contributed by atoms with van der Waals surface area (Å²) in [6.45, 7) is 9.20. The number of rotatable bonds is 8. The summed E-state index contributed by atoms with van der Waals surface area (Å²) in [6.07, 6.45) is 3.34. The number of piperazine rings is 1. The zero-order valence-corrected chi connectivity index (χ0v) is 24.7. The molecule has 40 heavy (non-hydrogen) atoms. The van der Waals surface area contributed by atoms with E-state index in [1.165, 1.54) is 11.1 Å². The summed E-state index contributed by atoms with van der Waals surface area (Å²) in [4.78, 5) is 32.1. The number of nitrogens with zero attached hydrogens (tertiary/aromatic N) is 3. The van der Waals surface area contributed by atoms with Crippen molar-refractivity contribution < 1.29 is 19.4 Å². The summed E-state index contributed by atoms with van der Waals surface area (Å²) in [7, 11) is 0. The third kappa shape index (κ3) is 5.66. The number of aromatic amines is 1. The van der Waals surface area contributed by atoms with Crippen molar-refractivity contribution in [1.82, 2.24) is 25.3 Å². The zero-order valence-electron chi connectivity index (χ0n) is 23.9. The fourth-order valence-corrected chi connectivity index (χ4v) is 6.85. The summed E-state index contributed by atoms with van der Waals surface area (Å²) < 4.78 is 5.45. The number of aryl methyl sites for hydroxylation is 2. The first-order chi connectivity index (χ1) is 18.9. The maximum Gasteiger partial charge on any atom is 0.248 e. The Labute approximate surface area is 243 Å². The van der Waals surface area contributed by atoms with E-state index >= 15 is 0 Å². The summed E-state index contributed by atoms with van der Waals surface area (Å²) in [5.41, 5.74) is 3.48. The van der Waals surface area contributed by atoms with Gasteiger partial charge in [0.2, 0.25) is 11.8 Å². The highest BCUT2D eigenvalue weighted by atomic mass is 35.5. The number of carbonyl (C=O) groups excluding carboxylic acids is 2. The normalized spacial score (nSPS) is 23.5. The van der Waals surface area contributed by atoms with Crippen molar-refractivity contribution >= 4 is 24.2 Å². The summed E-state index contributed by atoms with van der Waals surface area (Å²) in [5.74, 6) is -0.317. The average molecular weight is 574 g/mol. The number of likely N-dealkylation sites (tertiary alicyclic amines) is 1. The summed E-state index contributed by atoms with van der Waals surface area (Å²) in [6, 6.07) is 9.55. The van der Waals surface area contributed by atoms with Crippen LogP contribution in [-0.2, 0) is 14.3 Å². The second-order valence-corrected chi connectivity index (χ2v) is 11.5. The molecule has 2 amide bonds. The van der Waals surface area contributed by atoms with Crippen LogP contribution in [0.4, 0.5) is 0 Å². The van der Waals surface area contributed by atoms with Gasteiger partial charge in [-0.3, -0.25) is 19.6 Å². The topological polar surface area (TPSA) is 111 Å². The molecule has 0 bridgehead atoms. The van der Waals surface area contributed by atoms with Crippen LogP contribution in [0.2, 0.25) is 0 Å². The Balaban J connectivity index is 0.00000370. The highest BCUT2D eigenvalue weighted by molar-refractivity contribution is 6.00. The number of amides is 2. The monoisotopic (exact) mass is 573 g/mol. The number of aromatic nitrogens is 2. The number of nitrogens with one attached hydrogen (secondary N) is 2. The van der Waals surface area contributed by atoms with E-state index in [0.29, 0.717) is 58.5 Å². The molecule has 2 aromatic rings. The minimum Gasteiger partial charge on any atom is -0.390 e. The van der Waals surface area contributed by atoms with E-state index < -0.39 is 17.7 Å². The van der Waals surface area contributed by atoms with Crippen molar-refractivity contribution in [3.63, 3.8) is 0 Å². The molecule has 1 spiro atoms. The lowest BCUT2D eigenvalue weighted by Crippen LogP contribution is -2.75. The largest absolute Gasteiger partial charge is 0.390 e. The Morgan fingerprint density at radius 3 is 2.40 bits per heavy atom. The van der Waals surface area contributed by atoms with Gasteiger partial charge >= 0.3 is 0 Å². The lowest BCUT2D eigenvalue weighted by molar-refractivity contribution is -0.166. The van der Waals surface area contributed by atoms with Crippen molar-refractivity contribution in [1.29, 1.82) is 0 Å². The number of aliphatic hydroxyl groups is 1. The highest BCUT2D eigenvalue weighted by Crippen LogP contribution is 2.40. The molecule has 1 aromatic heterocycles. The van der Waals surface area contributed by atoms with Gasteiger partial charge in [0.1, 0.15) is 11.6 Å². The lowest BCUT2D eigenvalue weighted by atomic mass is 9.78. The van der Waals surface area contributed by atoms with Crippen LogP contribution in [0, 0.1) is 19.8 Å². The number of H-pyrrole nitrogens is 1. The van der Waals surface area contributed by atoms with Gasteiger partial charge in [-0.15, -0.1) is 12.4 Å². The van der Waals surface area contributed by atoms with Gasteiger partial charge < -0.3 is 20.1 Å². The predicted octanol–water partition coefficient (Wildman–Crippen LogP) is 3.29. The molecule has 3 atom stereocenters. The van der Waals surface area contributed by atoms with Gasteiger partial charge in [0.05, 0.1) is 17.8 Å². The molecule has 0 saturated carbocycles. The molecule has 0 aliphatic carbocycles. The molecular formula is C30H44ClN5O4. The molecule has 3 saturated heterocycles. The number of aliphatic hydroxyl groups excluding tert-OH is 1. The summed E-state index contributed by atoms with van der Waals surface area (Å²) >= 11 is 0. The van der Waals surface area contributed by atoms with Crippen LogP contribution in [0.1, 0.15) is 74.0 Å². The van der Waals surface area contributed by atoms with E-state index in [1.807, 2.05) is 17.9 Å². The van der Waals surface area contributed by atoms with E-state index in [0.717, 1.165) is 24.2 Å². The van der Waals surface area contributed by atoms with E-state index in [9.17, 15) is 14.7 Å². The quantitative estimate of drug-likeness (QED) is 0.447. The number of ether oxygens (including phenoxy) is 1. The maximum atomic E-state index is 13.9. The SMILES string of the molecule is CCCCN1C(=O)[C@@H]([C@H](O)C2CCOCC2)NC(=O)C12CCN(C(c1ccccc1)c1c(C)n[nH]c1C)CC2.Cl. The summed E-state index contributed by atoms with van der Waals surface area (Å²) in [5, 5.41) is 21.8. The van der Waals surface area contributed by atoms with Crippen LogP contribution in [0.5, 0.6) is 0 Å². The standard InChI is InChI=1S/C30H43N5O4.ClH/c1-4-5-15-35-28(37)25(27(36)23-11-18-39-19-12-23)31-29(38)30(35)13-16-34(17-14-30)26(22-9-7-6-8-10-22)24-20(2)32-33-21(24)3;/h6-10,23,25-27,36H,4-5,11-19H2,1-3H3,(H,31,38)(H,32,33);1H/t25-,26?,27-;/m1./s1. The Bertz CT molecular complexity index is 1120. The van der Waals surface area contributed by atoms with Gasteiger partial charge in [-0.1, -0.05) is 43.7 Å². The van der Waals surface area contributed by atoms with E-state index in [4.69, 9.17) is 4.74 Å². The first kappa shape index (κ1) is 30.5. The van der Waals surface area contributed by atoms with Gasteiger partial charge in [-0.05, 0) is 57.4 Å². The Kier molecular flexibility index (Phi) is 9.93. The first-order valence-electron chi connectivity index (χ1n) is 14.6. The second-order valence-electron chi connectivity index (χ2n) is 11.5. The molecule has 4 heterocycles. The van der Waals surface area contributed by atoms with E-state index in [-0.39, 0.29) is 36.2 Å². The maximum absolute atomic E-state index is 13.9. The van der Waals surface area contributed by atoms with Gasteiger partial charge in [0.25, 0.3) is 0 Å². The Morgan fingerprint density at radius 1 is 1.12 bits per heavy atom. The van der Waals surface area contributed by atoms with E-state index in [1.54, 1.807) is 0 Å². The highest BCUT2D eigenvalue weighted by Gasteiger charge is 2.55. The smallest absolute Gasteiger partial charge is 0.248 e. The first-order valence-corrected chi connectivity index (χ1v) is 14.6. The van der Waals surface area contributed by atoms with Crippen molar-refractivity contribution in [2.24, 2.45) is 5.92 Å². The Hall–Kier alpha value is -2.46. The third-order valence-corrected chi connectivity index (χ3v) is 9.15. The molecule has 1 unspecified atom stereocenters. The minimum atomic E-state index is -0.901. The average Bonchev–Trinajstić information content (AvgIpc) is 3.30. The third-order valence-electron chi connectivity index (χ3n) is 9.15. The molecule has 220 valence electrons. The number of piperidine rings is 1. The number of hydrogen-bond acceptors (Lipinski definition) is 6.